The van der Waals surface area contributed by atoms with Crippen molar-refractivity contribution in [1.29, 1.82) is 0 Å². The van der Waals surface area contributed by atoms with E-state index in [1.54, 1.807) is 30.5 Å². The quantitative estimate of drug-likeness (QED) is 0.393. The molecule has 0 spiro atoms. The van der Waals surface area contributed by atoms with Crippen LogP contribution in [0.3, 0.4) is 0 Å². The molecule has 0 aliphatic rings. The second-order valence-corrected chi connectivity index (χ2v) is 6.25. The predicted molar refractivity (Wildman–Crippen MR) is 111 cm³/mol. The van der Waals surface area contributed by atoms with Crippen molar-refractivity contribution < 1.29 is 4.39 Å². The van der Waals surface area contributed by atoms with E-state index in [0.717, 1.165) is 18.1 Å². The fourth-order valence-corrected chi connectivity index (χ4v) is 2.97. The molecule has 1 aromatic carbocycles. The Labute approximate surface area is 164 Å². The van der Waals surface area contributed by atoms with E-state index >= 15 is 0 Å². The van der Waals surface area contributed by atoms with Gasteiger partial charge >= 0.3 is 0 Å². The molecular weight excluding hydrogens is 438 g/mol. The fourth-order valence-electron chi connectivity index (χ4n) is 2.31. The SMILES string of the molecule is CN=C(NCc1ccsc1)NCC(c1cccc(F)c1)N(C)C.I. The van der Waals surface area contributed by atoms with Crippen LogP contribution in [-0.2, 0) is 6.54 Å². The smallest absolute Gasteiger partial charge is 0.191 e. The van der Waals surface area contributed by atoms with Crippen molar-refractivity contribution in [2.75, 3.05) is 27.7 Å². The number of thiophene rings is 1. The van der Waals surface area contributed by atoms with Gasteiger partial charge in [-0.3, -0.25) is 4.99 Å². The summed E-state index contributed by atoms with van der Waals surface area (Å²) in [5, 5.41) is 10.8. The fraction of sp³-hybridized carbons (Fsp3) is 0.353. The molecule has 1 heterocycles. The van der Waals surface area contributed by atoms with E-state index in [1.807, 2.05) is 20.2 Å². The van der Waals surface area contributed by atoms with Crippen LogP contribution in [0.15, 0.2) is 46.1 Å². The van der Waals surface area contributed by atoms with Crippen LogP contribution < -0.4 is 10.6 Å². The topological polar surface area (TPSA) is 39.7 Å². The van der Waals surface area contributed by atoms with Crippen molar-refractivity contribution in [2.45, 2.75) is 12.6 Å². The van der Waals surface area contributed by atoms with Gasteiger partial charge in [-0.1, -0.05) is 12.1 Å². The highest BCUT2D eigenvalue weighted by atomic mass is 127. The van der Waals surface area contributed by atoms with Crippen molar-refractivity contribution in [1.82, 2.24) is 15.5 Å². The molecule has 1 unspecified atom stereocenters. The summed E-state index contributed by atoms with van der Waals surface area (Å²) in [6.07, 6.45) is 0. The molecule has 0 radical (unpaired) electrons. The van der Waals surface area contributed by atoms with Crippen LogP contribution in [0, 0.1) is 5.82 Å². The maximum absolute atomic E-state index is 13.5. The van der Waals surface area contributed by atoms with E-state index in [1.165, 1.54) is 11.6 Å². The van der Waals surface area contributed by atoms with Crippen molar-refractivity contribution in [2.24, 2.45) is 4.99 Å². The van der Waals surface area contributed by atoms with Gasteiger partial charge in [-0.05, 0) is 54.2 Å². The first-order valence-corrected chi connectivity index (χ1v) is 8.42. The van der Waals surface area contributed by atoms with Gasteiger partial charge in [0.05, 0.1) is 6.04 Å². The standard InChI is InChI=1S/C17H23FN4S.HI/c1-19-17(20-10-13-7-8-23-12-13)21-11-16(22(2)3)14-5-4-6-15(18)9-14;/h4-9,12,16H,10-11H2,1-3H3,(H2,19,20,21);1H. The summed E-state index contributed by atoms with van der Waals surface area (Å²) in [7, 11) is 5.72. The summed E-state index contributed by atoms with van der Waals surface area (Å²) < 4.78 is 13.5. The molecule has 0 saturated carbocycles. The first-order valence-electron chi connectivity index (χ1n) is 7.47. The number of likely N-dealkylation sites (N-methyl/N-ethyl adjacent to an activating group) is 1. The van der Waals surface area contributed by atoms with E-state index in [0.29, 0.717) is 6.54 Å². The van der Waals surface area contributed by atoms with Crippen LogP contribution in [0.5, 0.6) is 0 Å². The molecule has 2 aromatic rings. The molecule has 24 heavy (non-hydrogen) atoms. The molecule has 0 saturated heterocycles. The minimum absolute atomic E-state index is 0. The average Bonchev–Trinajstić information content (AvgIpc) is 3.03. The zero-order valence-corrected chi connectivity index (χ0v) is 17.3. The average molecular weight is 462 g/mol. The van der Waals surface area contributed by atoms with Crippen molar-refractivity contribution >= 4 is 41.3 Å². The number of rotatable bonds is 6. The first-order chi connectivity index (χ1) is 11.1. The molecule has 1 aromatic heterocycles. The van der Waals surface area contributed by atoms with Gasteiger partial charge in [-0.25, -0.2) is 4.39 Å². The Morgan fingerprint density at radius 1 is 1.29 bits per heavy atom. The second kappa shape index (κ2) is 10.6. The number of guanidine groups is 1. The predicted octanol–water partition coefficient (Wildman–Crippen LogP) is 3.47. The van der Waals surface area contributed by atoms with Crippen LogP contribution in [0.25, 0.3) is 0 Å². The van der Waals surface area contributed by atoms with Crippen LogP contribution in [0.1, 0.15) is 17.2 Å². The Kier molecular flexibility index (Phi) is 9.24. The largest absolute Gasteiger partial charge is 0.354 e. The Balaban J connectivity index is 0.00000288. The van der Waals surface area contributed by atoms with Gasteiger partial charge in [0.1, 0.15) is 5.82 Å². The maximum Gasteiger partial charge on any atom is 0.191 e. The minimum Gasteiger partial charge on any atom is -0.354 e. The molecular formula is C17H24FIN4S. The summed E-state index contributed by atoms with van der Waals surface area (Å²) in [5.41, 5.74) is 2.17. The molecule has 0 bridgehead atoms. The highest BCUT2D eigenvalue weighted by Gasteiger charge is 2.15. The Bertz CT molecular complexity index is 631. The van der Waals surface area contributed by atoms with Gasteiger partial charge in [-0.2, -0.15) is 11.3 Å². The Morgan fingerprint density at radius 3 is 2.67 bits per heavy atom. The summed E-state index contributed by atoms with van der Waals surface area (Å²) in [6, 6.07) is 8.87. The monoisotopic (exact) mass is 462 g/mol. The van der Waals surface area contributed by atoms with E-state index in [4.69, 9.17) is 0 Å². The number of halogens is 2. The number of aliphatic imine (C=N–C) groups is 1. The Hall–Kier alpha value is -1.19. The van der Waals surface area contributed by atoms with Crippen LogP contribution in [-0.4, -0.2) is 38.5 Å². The lowest BCUT2D eigenvalue weighted by molar-refractivity contribution is 0.297. The third-order valence-corrected chi connectivity index (χ3v) is 4.32. The van der Waals surface area contributed by atoms with E-state index in [-0.39, 0.29) is 35.8 Å². The van der Waals surface area contributed by atoms with Crippen LogP contribution in [0.2, 0.25) is 0 Å². The zero-order valence-electron chi connectivity index (χ0n) is 14.1. The van der Waals surface area contributed by atoms with Gasteiger partial charge in [0, 0.05) is 20.1 Å². The molecule has 2 rings (SSSR count). The second-order valence-electron chi connectivity index (χ2n) is 5.47. The highest BCUT2D eigenvalue weighted by Crippen LogP contribution is 2.18. The molecule has 7 heteroatoms. The lowest BCUT2D eigenvalue weighted by Crippen LogP contribution is -2.41. The molecule has 0 aliphatic carbocycles. The molecule has 0 fully saturated rings. The summed E-state index contributed by atoms with van der Waals surface area (Å²) in [5.74, 6) is 0.522. The summed E-state index contributed by atoms with van der Waals surface area (Å²) in [6.45, 7) is 1.37. The molecule has 1 atom stereocenters. The van der Waals surface area contributed by atoms with E-state index in [9.17, 15) is 4.39 Å². The zero-order chi connectivity index (χ0) is 16.7. The van der Waals surface area contributed by atoms with Crippen LogP contribution >= 0.6 is 35.3 Å². The maximum atomic E-state index is 13.5. The normalized spacial score (nSPS) is 12.6. The third kappa shape index (κ3) is 6.37. The molecule has 4 nitrogen and oxygen atoms in total. The van der Waals surface area contributed by atoms with Gasteiger partial charge in [0.25, 0.3) is 0 Å². The van der Waals surface area contributed by atoms with Crippen molar-refractivity contribution in [3.8, 4) is 0 Å². The van der Waals surface area contributed by atoms with Crippen molar-refractivity contribution in [3.63, 3.8) is 0 Å². The summed E-state index contributed by atoms with van der Waals surface area (Å²) in [4.78, 5) is 6.30. The number of hydrogen-bond donors (Lipinski definition) is 2. The minimum atomic E-state index is -0.214. The number of nitrogens with one attached hydrogen (secondary N) is 2. The van der Waals surface area contributed by atoms with Gasteiger partial charge in [0.2, 0.25) is 0 Å². The Morgan fingerprint density at radius 2 is 2.08 bits per heavy atom. The van der Waals surface area contributed by atoms with Crippen LogP contribution in [0.4, 0.5) is 4.39 Å². The molecule has 0 aliphatic heterocycles. The van der Waals surface area contributed by atoms with Gasteiger partial charge in [-0.15, -0.1) is 24.0 Å². The van der Waals surface area contributed by atoms with E-state index < -0.39 is 0 Å². The first kappa shape index (κ1) is 20.9. The third-order valence-electron chi connectivity index (χ3n) is 3.58. The number of hydrogen-bond acceptors (Lipinski definition) is 3. The lowest BCUT2D eigenvalue weighted by atomic mass is 10.1. The summed E-state index contributed by atoms with van der Waals surface area (Å²) >= 11 is 1.68. The number of nitrogens with zero attached hydrogens (tertiary/aromatic N) is 2. The van der Waals surface area contributed by atoms with Gasteiger partial charge in [0.15, 0.2) is 5.96 Å². The molecule has 2 N–H and O–H groups in total. The van der Waals surface area contributed by atoms with Gasteiger partial charge < -0.3 is 15.5 Å². The van der Waals surface area contributed by atoms with Crippen molar-refractivity contribution in [3.05, 3.63) is 58.0 Å². The molecule has 132 valence electrons. The molecule has 0 amide bonds. The number of benzene rings is 1. The highest BCUT2D eigenvalue weighted by molar-refractivity contribution is 14.0. The lowest BCUT2D eigenvalue weighted by Gasteiger charge is -2.26. The van der Waals surface area contributed by atoms with E-state index in [2.05, 4.69) is 37.4 Å².